The van der Waals surface area contributed by atoms with Gasteiger partial charge in [0.05, 0.1) is 62.5 Å². The number of hydrogen-bond donors (Lipinski definition) is 6. The van der Waals surface area contributed by atoms with E-state index in [0.717, 1.165) is 50.8 Å². The van der Waals surface area contributed by atoms with Gasteiger partial charge in [-0.05, 0) is 125 Å². The van der Waals surface area contributed by atoms with E-state index in [1.807, 2.05) is 157 Å². The smallest absolute Gasteiger partial charge is 0.227 e. The van der Waals surface area contributed by atoms with Gasteiger partial charge < -0.3 is 43.2 Å². The number of allylic oxidation sites excluding steroid dienone is 2. The standard InChI is InChI=1S/C10H13N3.C9H11N3.C9H12N3.2C9H10N2S.C8H10N4/c1-7-3-4-13-9(8(2)11)6-12-10(13)5-7;1-7(10)8-6-11-9-4-2-3-5-12(8)9;1-7(10)8-6-11-12-5-3-2-4-9(8)12;1-6(10)7-5-12-8-3-2-4-11-9(7)8;1-6(10)9-7-4-2-3-5-8(7)12-11-9;1-6(9)7-4-11-8-5-10-2-3-12(7)8/h3-6,8H,11H2,1-2H3;2-7H,10H2,1H3;2-7,9H,10H2,1H3;2*2-6H,10H2,1H3;2-6H,9H2,1H3/q;;+1;;;. The third-order valence-electron chi connectivity index (χ3n) is 11.7. The Morgan fingerprint density at radius 1 is 0.589 bits per heavy atom. The molecule has 0 radical (unpaired) electrons. The summed E-state index contributed by atoms with van der Waals surface area (Å²) in [6.45, 7) is 13.8. The van der Waals surface area contributed by atoms with Crippen LogP contribution >= 0.6 is 22.9 Å². The summed E-state index contributed by atoms with van der Waals surface area (Å²) >= 11 is 3.21. The van der Waals surface area contributed by atoms with Gasteiger partial charge >= 0.3 is 0 Å². The fraction of sp³-hybridized carbons (Fsp3) is 0.259. The molecule has 0 fully saturated rings. The lowest BCUT2D eigenvalue weighted by Gasteiger charge is -2.10. The molecule has 73 heavy (non-hydrogen) atoms. The van der Waals surface area contributed by atoms with Crippen LogP contribution in [0.2, 0.25) is 0 Å². The molecule has 9 aromatic heterocycles. The molecular formula is C54H66N17S2+. The van der Waals surface area contributed by atoms with E-state index in [1.165, 1.54) is 37.5 Å². The van der Waals surface area contributed by atoms with Crippen LogP contribution in [0.5, 0.6) is 0 Å². The van der Waals surface area contributed by atoms with E-state index in [0.29, 0.717) is 0 Å². The number of fused-ring (bicyclic) bond motifs is 6. The lowest BCUT2D eigenvalue weighted by atomic mass is 10.0. The van der Waals surface area contributed by atoms with Crippen molar-refractivity contribution >= 4 is 60.1 Å². The van der Waals surface area contributed by atoms with Crippen LogP contribution in [0.3, 0.4) is 0 Å². The van der Waals surface area contributed by atoms with Crippen molar-refractivity contribution in [1.29, 1.82) is 0 Å². The van der Waals surface area contributed by atoms with Gasteiger partial charge in [0.2, 0.25) is 6.04 Å². The molecule has 7 atom stereocenters. The number of rotatable bonds is 6. The molecule has 7 unspecified atom stereocenters. The van der Waals surface area contributed by atoms with Crippen molar-refractivity contribution in [2.24, 2.45) is 39.5 Å². The summed E-state index contributed by atoms with van der Waals surface area (Å²) in [5.74, 6) is 0. The monoisotopic (exact) mass is 1020 g/mol. The number of nitrogens with two attached hydrogens (primary N) is 6. The molecule has 0 spiro atoms. The third-order valence-corrected chi connectivity index (χ3v) is 13.5. The molecule has 2 aliphatic rings. The molecule has 378 valence electrons. The number of hydrogen-bond acceptors (Lipinski definition) is 15. The number of aromatic nitrogens is 9. The normalized spacial score (nSPS) is 15.9. The number of nitrogens with zero attached hydrogens (tertiary/aromatic N) is 11. The number of azo groups is 2. The predicted octanol–water partition coefficient (Wildman–Crippen LogP) is 9.55. The first-order valence-electron chi connectivity index (χ1n) is 24.0. The summed E-state index contributed by atoms with van der Waals surface area (Å²) < 4.78 is 14.6. The molecule has 0 bridgehead atoms. The summed E-state index contributed by atoms with van der Waals surface area (Å²) in [5, 5.41) is 7.49. The Morgan fingerprint density at radius 2 is 1.23 bits per heavy atom. The average molecular weight is 1020 g/mol. The summed E-state index contributed by atoms with van der Waals surface area (Å²) in [5.41, 5.74) is 46.1. The van der Waals surface area contributed by atoms with E-state index in [-0.39, 0.29) is 42.3 Å². The Morgan fingerprint density at radius 3 is 1.92 bits per heavy atom. The molecule has 2 aliphatic heterocycles. The third kappa shape index (κ3) is 13.3. The lowest BCUT2D eigenvalue weighted by molar-refractivity contribution is -0.537. The van der Waals surface area contributed by atoms with Crippen LogP contribution in [-0.4, -0.2) is 59.3 Å². The summed E-state index contributed by atoms with van der Waals surface area (Å²) in [6.07, 6.45) is 26.4. The zero-order valence-electron chi connectivity index (χ0n) is 42.3. The minimum absolute atomic E-state index is 0.00222. The fourth-order valence-electron chi connectivity index (χ4n) is 7.83. The largest absolute Gasteiger partial charge is 0.324 e. The molecule has 17 nitrogen and oxygen atoms in total. The molecule has 12 rings (SSSR count). The molecule has 0 saturated heterocycles. The van der Waals surface area contributed by atoms with E-state index in [4.69, 9.17) is 34.4 Å². The Kier molecular flexibility index (Phi) is 18.3. The van der Waals surface area contributed by atoms with Crippen LogP contribution in [0.25, 0.3) is 37.2 Å². The van der Waals surface area contributed by atoms with Gasteiger partial charge in [-0.1, -0.05) is 35.0 Å². The highest BCUT2D eigenvalue weighted by Crippen LogP contribution is 2.28. The highest BCUT2D eigenvalue weighted by molar-refractivity contribution is 7.17. The lowest BCUT2D eigenvalue weighted by Crippen LogP contribution is -2.29. The van der Waals surface area contributed by atoms with Crippen LogP contribution in [0.4, 0.5) is 0 Å². The predicted molar refractivity (Wildman–Crippen MR) is 297 cm³/mol. The quantitative estimate of drug-likeness (QED) is 0.0851. The second-order valence-corrected chi connectivity index (χ2v) is 19.6. The van der Waals surface area contributed by atoms with Gasteiger partial charge in [0.1, 0.15) is 17.5 Å². The minimum Gasteiger partial charge on any atom is -0.324 e. The van der Waals surface area contributed by atoms with Crippen molar-refractivity contribution in [2.75, 3.05) is 0 Å². The van der Waals surface area contributed by atoms with E-state index in [1.54, 1.807) is 36.1 Å². The number of thiophene rings is 1. The van der Waals surface area contributed by atoms with E-state index in [9.17, 15) is 0 Å². The molecule has 10 aromatic rings. The first-order chi connectivity index (χ1) is 35.1. The number of aryl methyl sites for hydroxylation is 1. The molecule has 11 heterocycles. The number of imidazole rings is 3. The maximum Gasteiger partial charge on any atom is 0.227 e. The summed E-state index contributed by atoms with van der Waals surface area (Å²) in [4.78, 5) is 20.9. The van der Waals surface area contributed by atoms with Gasteiger partial charge in [0.15, 0.2) is 11.8 Å². The van der Waals surface area contributed by atoms with E-state index in [2.05, 4.69) is 77.1 Å². The van der Waals surface area contributed by atoms with Crippen LogP contribution < -0.4 is 34.4 Å². The molecular weight excluding hydrogens is 951 g/mol. The minimum atomic E-state index is 0.00222. The molecule has 1 aromatic carbocycles. The Bertz CT molecular complexity index is 3180. The zero-order chi connectivity index (χ0) is 52.2. The zero-order valence-corrected chi connectivity index (χ0v) is 43.9. The van der Waals surface area contributed by atoms with Gasteiger partial charge in [-0.3, -0.25) is 14.4 Å². The van der Waals surface area contributed by atoms with E-state index >= 15 is 0 Å². The Balaban J connectivity index is 0.000000128. The van der Waals surface area contributed by atoms with Crippen LogP contribution in [0, 0.1) is 6.92 Å². The van der Waals surface area contributed by atoms with Gasteiger partial charge in [0.25, 0.3) is 0 Å². The fourth-order valence-corrected chi connectivity index (χ4v) is 9.72. The van der Waals surface area contributed by atoms with E-state index < -0.39 is 0 Å². The van der Waals surface area contributed by atoms with Crippen molar-refractivity contribution < 1.29 is 4.70 Å². The second kappa shape index (κ2) is 25.0. The highest BCUT2D eigenvalue weighted by Gasteiger charge is 2.31. The average Bonchev–Trinajstić information content (AvgIpc) is 4.25. The maximum atomic E-state index is 5.80. The van der Waals surface area contributed by atoms with Crippen molar-refractivity contribution in [3.63, 3.8) is 0 Å². The Labute approximate surface area is 433 Å². The molecule has 12 N–H and O–H groups in total. The SMILES string of the molecule is CC(N)C1=CN=[N+]2C=CC=CC12.CC(N)c1cnc2ccccn12.CC(N)c1cnc2cnccn12.CC(N)c1csc2cccnc12.CC(N)c1nsc2ccccc12.Cc1ccn2c(C(C)N)cnc2c1. The number of benzene rings is 1. The maximum absolute atomic E-state index is 5.80. The molecule has 0 saturated carbocycles. The number of pyridine rings is 3. The topological polar surface area (TPSA) is 262 Å². The summed E-state index contributed by atoms with van der Waals surface area (Å²) in [7, 11) is 0. The summed E-state index contributed by atoms with van der Waals surface area (Å²) in [6, 6.07) is 22.7. The van der Waals surface area contributed by atoms with Gasteiger partial charge in [-0.25, -0.2) is 15.0 Å². The van der Waals surface area contributed by atoms with Crippen molar-refractivity contribution in [1.82, 2.24) is 42.5 Å². The molecule has 0 aliphatic carbocycles. The van der Waals surface area contributed by atoms with Gasteiger partial charge in [-0.2, -0.15) is 4.37 Å². The van der Waals surface area contributed by atoms with Gasteiger partial charge in [-0.15, -0.1) is 11.3 Å². The molecule has 0 amide bonds. The van der Waals surface area contributed by atoms with Gasteiger partial charge in [0, 0.05) is 89.8 Å². The van der Waals surface area contributed by atoms with Crippen LogP contribution in [0.1, 0.15) is 106 Å². The van der Waals surface area contributed by atoms with Crippen molar-refractivity contribution in [2.45, 2.75) is 90.8 Å². The first-order valence-corrected chi connectivity index (χ1v) is 25.6. The first kappa shape index (κ1) is 53.6. The van der Waals surface area contributed by atoms with Crippen molar-refractivity contribution in [3.05, 3.63) is 198 Å². The van der Waals surface area contributed by atoms with Crippen LogP contribution in [0.15, 0.2) is 169 Å². The molecule has 19 heteroatoms. The Hall–Kier alpha value is -7.20. The highest BCUT2D eigenvalue weighted by atomic mass is 32.1. The second-order valence-electron chi connectivity index (χ2n) is 17.8. The van der Waals surface area contributed by atoms with Crippen LogP contribution in [-0.2, 0) is 0 Å². The van der Waals surface area contributed by atoms with Crippen molar-refractivity contribution in [3.8, 4) is 0 Å².